The minimum absolute atomic E-state index is 0.0647. The van der Waals surface area contributed by atoms with Gasteiger partial charge in [0.1, 0.15) is 6.61 Å². The lowest BCUT2D eigenvalue weighted by molar-refractivity contribution is 0.324. The van der Waals surface area contributed by atoms with Crippen LogP contribution in [-0.4, -0.2) is 30.6 Å². The van der Waals surface area contributed by atoms with E-state index in [-0.39, 0.29) is 30.4 Å². The van der Waals surface area contributed by atoms with Gasteiger partial charge in [0.15, 0.2) is 11.6 Å². The number of hydrogen-bond donors (Lipinski definition) is 2. The summed E-state index contributed by atoms with van der Waals surface area (Å²) in [5, 5.41) is 12.7. The van der Waals surface area contributed by atoms with Crippen molar-refractivity contribution in [1.82, 2.24) is 5.43 Å². The van der Waals surface area contributed by atoms with Crippen LogP contribution in [0.3, 0.4) is 0 Å². The molecule has 114 valence electrons. The third-order valence-electron chi connectivity index (χ3n) is 3.29. The number of hydrazone groups is 1. The Morgan fingerprint density at radius 1 is 1.38 bits per heavy atom. The highest BCUT2D eigenvalue weighted by Crippen LogP contribution is 2.26. The van der Waals surface area contributed by atoms with Gasteiger partial charge in [-0.2, -0.15) is 9.49 Å². The fourth-order valence-electron chi connectivity index (χ4n) is 2.12. The quantitative estimate of drug-likeness (QED) is 0.819. The third-order valence-corrected chi connectivity index (χ3v) is 3.29. The largest absolute Gasteiger partial charge is 0.486 e. The molecular weight excluding hydrogens is 278 g/mol. The number of halogens is 2. The maximum absolute atomic E-state index is 14.2. The second-order valence-corrected chi connectivity index (χ2v) is 4.80. The van der Waals surface area contributed by atoms with Crippen molar-refractivity contribution in [1.29, 1.82) is 0 Å². The highest BCUT2D eigenvalue weighted by Gasteiger charge is 2.23. The first-order chi connectivity index (χ1) is 10.1. The summed E-state index contributed by atoms with van der Waals surface area (Å²) in [5.41, 5.74) is 3.48. The van der Waals surface area contributed by atoms with Crippen molar-refractivity contribution < 1.29 is 18.6 Å². The minimum Gasteiger partial charge on any atom is -0.486 e. The fraction of sp³-hybridized carbons (Fsp3) is 0.400. The first-order valence-corrected chi connectivity index (χ1v) is 6.82. The Bertz CT molecular complexity index is 559. The third kappa shape index (κ3) is 3.58. The van der Waals surface area contributed by atoms with Crippen LogP contribution in [0.2, 0.25) is 0 Å². The number of ether oxygens (including phenoxy) is 1. The topological polar surface area (TPSA) is 53.9 Å². The van der Waals surface area contributed by atoms with Crippen molar-refractivity contribution in [2.45, 2.75) is 13.3 Å². The fourth-order valence-corrected chi connectivity index (χ4v) is 2.12. The molecule has 4 nitrogen and oxygen atoms in total. The van der Waals surface area contributed by atoms with Crippen LogP contribution < -0.4 is 10.2 Å². The van der Waals surface area contributed by atoms with E-state index in [1.54, 1.807) is 0 Å². The summed E-state index contributed by atoms with van der Waals surface area (Å²) < 4.78 is 33.3. The van der Waals surface area contributed by atoms with Crippen molar-refractivity contribution in [2.75, 3.05) is 19.8 Å². The lowest BCUT2D eigenvalue weighted by Gasteiger charge is -2.21. The van der Waals surface area contributed by atoms with Gasteiger partial charge in [-0.1, -0.05) is 13.0 Å². The van der Waals surface area contributed by atoms with Crippen LogP contribution in [0, 0.1) is 17.6 Å². The number of hydrogen-bond acceptors (Lipinski definition) is 4. The van der Waals surface area contributed by atoms with E-state index in [1.807, 2.05) is 6.92 Å². The van der Waals surface area contributed by atoms with E-state index >= 15 is 0 Å². The predicted molar refractivity (Wildman–Crippen MR) is 76.4 cm³/mol. The van der Waals surface area contributed by atoms with Crippen LogP contribution >= 0.6 is 0 Å². The zero-order valence-corrected chi connectivity index (χ0v) is 11.8. The van der Waals surface area contributed by atoms with Crippen LogP contribution in [0.1, 0.15) is 18.9 Å². The van der Waals surface area contributed by atoms with Gasteiger partial charge >= 0.3 is 0 Å². The molecule has 2 rings (SSSR count). The monoisotopic (exact) mass is 296 g/mol. The van der Waals surface area contributed by atoms with Gasteiger partial charge in [-0.25, -0.2) is 4.39 Å². The molecule has 0 fully saturated rings. The van der Waals surface area contributed by atoms with Crippen LogP contribution in [0.25, 0.3) is 0 Å². The second-order valence-electron chi connectivity index (χ2n) is 4.80. The van der Waals surface area contributed by atoms with Crippen molar-refractivity contribution in [3.05, 3.63) is 41.5 Å². The summed E-state index contributed by atoms with van der Waals surface area (Å²) in [7, 11) is 0. The molecule has 1 aliphatic heterocycles. The molecular formula is C15H18F2N2O2. The molecule has 0 aliphatic carbocycles. The van der Waals surface area contributed by atoms with Crippen molar-refractivity contribution in [2.24, 2.45) is 11.0 Å². The SMILES string of the molecule is CC1CCNN=C1c1ccc(OC/C=C\CO)c(F)c1F. The van der Waals surface area contributed by atoms with Gasteiger partial charge < -0.3 is 15.3 Å². The zero-order chi connectivity index (χ0) is 15.2. The number of nitrogens with one attached hydrogen (secondary N) is 1. The molecule has 1 aliphatic rings. The van der Waals surface area contributed by atoms with E-state index < -0.39 is 11.6 Å². The molecule has 0 saturated heterocycles. The van der Waals surface area contributed by atoms with E-state index in [1.165, 1.54) is 24.3 Å². The van der Waals surface area contributed by atoms with Crippen LogP contribution in [0.5, 0.6) is 5.75 Å². The van der Waals surface area contributed by atoms with E-state index in [9.17, 15) is 8.78 Å². The maximum Gasteiger partial charge on any atom is 0.201 e. The Morgan fingerprint density at radius 2 is 2.19 bits per heavy atom. The second kappa shape index (κ2) is 7.17. The van der Waals surface area contributed by atoms with Gasteiger partial charge in [-0.3, -0.25) is 0 Å². The molecule has 6 heteroatoms. The van der Waals surface area contributed by atoms with Crippen molar-refractivity contribution in [3.8, 4) is 5.75 Å². The van der Waals surface area contributed by atoms with Crippen LogP contribution in [0.4, 0.5) is 8.78 Å². The summed E-state index contributed by atoms with van der Waals surface area (Å²) in [4.78, 5) is 0. The molecule has 0 aromatic heterocycles. The summed E-state index contributed by atoms with van der Waals surface area (Å²) >= 11 is 0. The van der Waals surface area contributed by atoms with Gasteiger partial charge in [-0.05, 0) is 24.6 Å². The lowest BCUT2D eigenvalue weighted by atomic mass is 9.94. The number of aliphatic hydroxyl groups is 1. The lowest BCUT2D eigenvalue weighted by Crippen LogP contribution is -2.28. The average molecular weight is 296 g/mol. The molecule has 1 unspecified atom stereocenters. The highest BCUT2D eigenvalue weighted by molar-refractivity contribution is 6.02. The number of nitrogens with zero attached hydrogens (tertiary/aromatic N) is 1. The Kier molecular flexibility index (Phi) is 5.27. The molecule has 21 heavy (non-hydrogen) atoms. The summed E-state index contributed by atoms with van der Waals surface area (Å²) in [6.45, 7) is 2.60. The molecule has 1 atom stereocenters. The minimum atomic E-state index is -1.02. The van der Waals surface area contributed by atoms with Crippen molar-refractivity contribution >= 4 is 5.71 Å². The molecule has 0 saturated carbocycles. The zero-order valence-electron chi connectivity index (χ0n) is 11.8. The molecule has 2 N–H and O–H groups in total. The van der Waals surface area contributed by atoms with Gasteiger partial charge in [0.2, 0.25) is 5.82 Å². The molecule has 1 heterocycles. The molecule has 0 bridgehead atoms. The number of aliphatic hydroxyl groups excluding tert-OH is 1. The first kappa shape index (κ1) is 15.4. The first-order valence-electron chi connectivity index (χ1n) is 6.82. The van der Waals surface area contributed by atoms with E-state index in [4.69, 9.17) is 9.84 Å². The van der Waals surface area contributed by atoms with Crippen LogP contribution in [0.15, 0.2) is 29.4 Å². The molecule has 0 radical (unpaired) electrons. The smallest absolute Gasteiger partial charge is 0.201 e. The molecule has 1 aromatic carbocycles. The number of benzene rings is 1. The summed E-state index contributed by atoms with van der Waals surface area (Å²) in [6, 6.07) is 2.87. The standard InChI is InChI=1S/C15H18F2N2O2/c1-10-6-7-18-19-15(10)11-4-5-12(14(17)13(11)16)21-9-3-2-8-20/h2-5,10,18,20H,6-9H2,1H3/b3-2-. The normalized spacial score (nSPS) is 18.5. The maximum atomic E-state index is 14.2. The van der Waals surface area contributed by atoms with Gasteiger partial charge in [0, 0.05) is 18.0 Å². The Hall–Kier alpha value is -1.95. The molecule has 0 amide bonds. The Labute approximate surface area is 122 Å². The summed E-state index contributed by atoms with van der Waals surface area (Å²) in [6.07, 6.45) is 3.82. The Morgan fingerprint density at radius 3 is 2.90 bits per heavy atom. The van der Waals surface area contributed by atoms with E-state index in [0.29, 0.717) is 5.71 Å². The van der Waals surface area contributed by atoms with Gasteiger partial charge in [0.05, 0.1) is 12.3 Å². The van der Waals surface area contributed by atoms with E-state index in [0.717, 1.165) is 13.0 Å². The van der Waals surface area contributed by atoms with Crippen molar-refractivity contribution in [3.63, 3.8) is 0 Å². The average Bonchev–Trinajstić information content (AvgIpc) is 2.49. The highest BCUT2D eigenvalue weighted by atomic mass is 19.2. The number of rotatable bonds is 5. The molecule has 0 spiro atoms. The van der Waals surface area contributed by atoms with Gasteiger partial charge in [0.25, 0.3) is 0 Å². The van der Waals surface area contributed by atoms with Gasteiger partial charge in [-0.15, -0.1) is 0 Å². The van der Waals surface area contributed by atoms with Crippen LogP contribution in [-0.2, 0) is 0 Å². The van der Waals surface area contributed by atoms with E-state index in [2.05, 4.69) is 10.5 Å². The predicted octanol–water partition coefficient (Wildman–Crippen LogP) is 2.23. The Balaban J connectivity index is 2.21. The summed E-state index contributed by atoms with van der Waals surface area (Å²) in [5.74, 6) is -2.06. The molecule has 1 aromatic rings.